The number of anilines is 1. The Labute approximate surface area is 195 Å². The molecule has 3 aromatic carbocycles. The molecule has 8 heteroatoms. The van der Waals surface area contributed by atoms with Crippen LogP contribution in [0.3, 0.4) is 0 Å². The van der Waals surface area contributed by atoms with Crippen LogP contribution >= 0.6 is 0 Å². The minimum absolute atomic E-state index is 0.235. The van der Waals surface area contributed by atoms with E-state index in [1.165, 1.54) is 6.07 Å². The fraction of sp³-hybridized carbons (Fsp3) is 0.115. The van der Waals surface area contributed by atoms with Gasteiger partial charge in [0.05, 0.1) is 11.0 Å². The number of carbonyl (C=O) groups is 1. The van der Waals surface area contributed by atoms with Crippen molar-refractivity contribution in [1.82, 2.24) is 19.5 Å². The molecule has 2 heterocycles. The first-order chi connectivity index (χ1) is 16.5. The summed E-state index contributed by atoms with van der Waals surface area (Å²) in [5.74, 6) is 1.63. The lowest BCUT2D eigenvalue weighted by molar-refractivity contribution is 0.102. The van der Waals surface area contributed by atoms with Crippen LogP contribution in [0.4, 0.5) is 10.1 Å². The zero-order valence-corrected chi connectivity index (χ0v) is 18.5. The van der Waals surface area contributed by atoms with Gasteiger partial charge in [-0.3, -0.25) is 4.79 Å². The number of halogens is 1. The lowest BCUT2D eigenvalue weighted by Crippen LogP contribution is -2.11. The largest absolute Gasteiger partial charge is 0.486 e. The summed E-state index contributed by atoms with van der Waals surface area (Å²) in [6, 6.07) is 19.0. The molecule has 0 aliphatic heterocycles. The molecule has 0 spiro atoms. The third-order valence-corrected chi connectivity index (χ3v) is 5.51. The second-order valence-corrected chi connectivity index (χ2v) is 7.91. The Bertz CT molecular complexity index is 1460. The van der Waals surface area contributed by atoms with Crippen LogP contribution in [0.1, 0.15) is 27.6 Å². The van der Waals surface area contributed by atoms with Crippen LogP contribution in [0, 0.1) is 5.82 Å². The zero-order chi connectivity index (χ0) is 23.5. The van der Waals surface area contributed by atoms with Crippen molar-refractivity contribution in [2.24, 2.45) is 7.05 Å². The number of rotatable bonds is 7. The molecule has 1 amide bonds. The predicted octanol–water partition coefficient (Wildman–Crippen LogP) is 4.86. The third kappa shape index (κ3) is 4.66. The Kier molecular flexibility index (Phi) is 5.78. The van der Waals surface area contributed by atoms with Crippen LogP contribution < -0.4 is 10.1 Å². The average Bonchev–Trinajstić information content (AvgIpc) is 3.44. The topological polar surface area (TPSA) is 84.8 Å². The lowest BCUT2D eigenvalue weighted by Gasteiger charge is -2.08. The Morgan fingerprint density at radius 1 is 1.12 bits per heavy atom. The quantitative estimate of drug-likeness (QED) is 0.367. The number of imidazole rings is 2. The normalized spacial score (nSPS) is 11.0. The van der Waals surface area contributed by atoms with Crippen molar-refractivity contribution in [2.75, 3.05) is 5.32 Å². The maximum atomic E-state index is 13.9. The molecule has 0 atom stereocenters. The number of amides is 1. The van der Waals surface area contributed by atoms with Crippen LogP contribution in [-0.2, 0) is 20.1 Å². The molecule has 0 saturated carbocycles. The summed E-state index contributed by atoms with van der Waals surface area (Å²) in [7, 11) is 1.91. The maximum absolute atomic E-state index is 13.9. The van der Waals surface area contributed by atoms with E-state index in [0.29, 0.717) is 41.4 Å². The Hall–Kier alpha value is -4.46. The molecule has 0 radical (unpaired) electrons. The lowest BCUT2D eigenvalue weighted by atomic mass is 10.1. The first-order valence-electron chi connectivity index (χ1n) is 10.8. The second-order valence-electron chi connectivity index (χ2n) is 7.91. The molecule has 0 fully saturated rings. The van der Waals surface area contributed by atoms with Crippen LogP contribution in [0.25, 0.3) is 11.0 Å². The number of aromatic amines is 1. The van der Waals surface area contributed by atoms with Crippen molar-refractivity contribution in [3.8, 4) is 5.75 Å². The van der Waals surface area contributed by atoms with E-state index >= 15 is 0 Å². The van der Waals surface area contributed by atoms with Crippen LogP contribution in [0.5, 0.6) is 5.75 Å². The predicted molar refractivity (Wildman–Crippen MR) is 127 cm³/mol. The standard InChI is InChI=1S/C26H22FN5O2/c1-32-13-12-28-25(32)16-34-20-9-6-17(7-10-20)26(33)29-19-8-11-22-23(15-19)31-24(30-22)14-18-4-2-3-5-21(18)27/h2-13,15H,14,16H2,1H3,(H,29,33)(H,30,31). The van der Waals surface area contributed by atoms with Gasteiger partial charge in [0.2, 0.25) is 0 Å². The number of fused-ring (bicyclic) bond motifs is 1. The first kappa shape index (κ1) is 21.4. The number of hydrogen-bond acceptors (Lipinski definition) is 4. The van der Waals surface area contributed by atoms with Gasteiger partial charge in [0.1, 0.15) is 29.8 Å². The number of carbonyl (C=O) groups excluding carboxylic acids is 1. The van der Waals surface area contributed by atoms with Crippen LogP contribution in [-0.4, -0.2) is 25.4 Å². The number of nitrogens with zero attached hydrogens (tertiary/aromatic N) is 3. The van der Waals surface area contributed by atoms with Gasteiger partial charge >= 0.3 is 0 Å². The SMILES string of the molecule is Cn1ccnc1COc1ccc(C(=O)Nc2ccc3nc(Cc4ccccc4F)[nH]c3c2)cc1. The fourth-order valence-corrected chi connectivity index (χ4v) is 3.64. The molecule has 7 nitrogen and oxygen atoms in total. The molecule has 0 aliphatic rings. The molecule has 2 aromatic heterocycles. The van der Waals surface area contributed by atoms with Gasteiger partial charge in [-0.25, -0.2) is 14.4 Å². The van der Waals surface area contributed by atoms with E-state index in [0.717, 1.165) is 16.9 Å². The van der Waals surface area contributed by atoms with Gasteiger partial charge < -0.3 is 19.6 Å². The molecule has 2 N–H and O–H groups in total. The highest BCUT2D eigenvalue weighted by molar-refractivity contribution is 6.05. The smallest absolute Gasteiger partial charge is 0.255 e. The molecule has 34 heavy (non-hydrogen) atoms. The van der Waals surface area contributed by atoms with Gasteiger partial charge in [0.25, 0.3) is 5.91 Å². The molecule has 170 valence electrons. The molecule has 5 rings (SSSR count). The third-order valence-electron chi connectivity index (χ3n) is 5.51. The summed E-state index contributed by atoms with van der Waals surface area (Å²) in [4.78, 5) is 24.7. The van der Waals surface area contributed by atoms with Crippen molar-refractivity contribution >= 4 is 22.6 Å². The number of H-pyrrole nitrogens is 1. The summed E-state index contributed by atoms with van der Waals surface area (Å²) in [5, 5.41) is 2.90. The number of aromatic nitrogens is 4. The first-order valence-corrected chi connectivity index (χ1v) is 10.8. The van der Waals surface area contributed by atoms with Crippen LogP contribution in [0.2, 0.25) is 0 Å². The number of ether oxygens (including phenoxy) is 1. The summed E-state index contributed by atoms with van der Waals surface area (Å²) >= 11 is 0. The minimum Gasteiger partial charge on any atom is -0.486 e. The van der Waals surface area contributed by atoms with Gasteiger partial charge in [0.15, 0.2) is 0 Å². The van der Waals surface area contributed by atoms with Crippen molar-refractivity contribution in [3.05, 3.63) is 108 Å². The summed E-state index contributed by atoms with van der Waals surface area (Å²) in [6.45, 7) is 0.345. The van der Waals surface area contributed by atoms with E-state index in [-0.39, 0.29) is 11.7 Å². The highest BCUT2D eigenvalue weighted by Gasteiger charge is 2.10. The molecule has 0 bridgehead atoms. The van der Waals surface area contributed by atoms with Crippen molar-refractivity contribution in [2.45, 2.75) is 13.0 Å². The number of benzene rings is 3. The monoisotopic (exact) mass is 455 g/mol. The molecule has 0 saturated heterocycles. The highest BCUT2D eigenvalue weighted by atomic mass is 19.1. The molecule has 5 aromatic rings. The minimum atomic E-state index is -0.260. The molecular formula is C26H22FN5O2. The Morgan fingerprint density at radius 2 is 1.94 bits per heavy atom. The van der Waals surface area contributed by atoms with Crippen LogP contribution in [0.15, 0.2) is 79.1 Å². The number of nitrogens with one attached hydrogen (secondary N) is 2. The number of hydrogen-bond donors (Lipinski definition) is 2. The summed E-state index contributed by atoms with van der Waals surface area (Å²) in [5.41, 5.74) is 3.23. The molecular weight excluding hydrogens is 433 g/mol. The zero-order valence-electron chi connectivity index (χ0n) is 18.5. The van der Waals surface area contributed by atoms with E-state index < -0.39 is 0 Å². The van der Waals surface area contributed by atoms with Gasteiger partial charge in [-0.05, 0) is 54.1 Å². The number of aryl methyl sites for hydroxylation is 1. The Morgan fingerprint density at radius 3 is 2.71 bits per heavy atom. The molecule has 0 unspecified atom stereocenters. The Balaban J connectivity index is 1.24. The summed E-state index contributed by atoms with van der Waals surface area (Å²) < 4.78 is 21.6. The van der Waals surface area contributed by atoms with E-state index in [2.05, 4.69) is 20.3 Å². The highest BCUT2D eigenvalue weighted by Crippen LogP contribution is 2.21. The fourth-order valence-electron chi connectivity index (χ4n) is 3.64. The van der Waals surface area contributed by atoms with E-state index in [1.54, 1.807) is 54.7 Å². The second kappa shape index (κ2) is 9.19. The summed E-state index contributed by atoms with van der Waals surface area (Å²) in [6.07, 6.45) is 3.94. The van der Waals surface area contributed by atoms with Gasteiger partial charge in [-0.2, -0.15) is 0 Å². The van der Waals surface area contributed by atoms with E-state index in [4.69, 9.17) is 4.74 Å². The van der Waals surface area contributed by atoms with Gasteiger partial charge in [0, 0.05) is 37.1 Å². The van der Waals surface area contributed by atoms with E-state index in [1.807, 2.05) is 29.9 Å². The van der Waals surface area contributed by atoms with Crippen molar-refractivity contribution < 1.29 is 13.9 Å². The van der Waals surface area contributed by atoms with Gasteiger partial charge in [-0.1, -0.05) is 18.2 Å². The average molecular weight is 455 g/mol. The maximum Gasteiger partial charge on any atom is 0.255 e. The van der Waals surface area contributed by atoms with Gasteiger partial charge in [-0.15, -0.1) is 0 Å². The molecule has 0 aliphatic carbocycles. The van der Waals surface area contributed by atoms with Crippen molar-refractivity contribution in [3.63, 3.8) is 0 Å². The van der Waals surface area contributed by atoms with Crippen molar-refractivity contribution in [1.29, 1.82) is 0 Å². The van der Waals surface area contributed by atoms with E-state index in [9.17, 15) is 9.18 Å².